The van der Waals surface area contributed by atoms with Gasteiger partial charge in [-0.2, -0.15) is 0 Å². The Kier molecular flexibility index (Phi) is 5.32. The smallest absolute Gasteiger partial charge is 0.264 e. The molecule has 1 N–H and O–H groups in total. The van der Waals surface area contributed by atoms with Crippen LogP contribution in [0.15, 0.2) is 58.1 Å². The third-order valence-electron chi connectivity index (χ3n) is 2.96. The van der Waals surface area contributed by atoms with E-state index in [1.165, 1.54) is 56.8 Å². The second-order valence-electron chi connectivity index (χ2n) is 4.46. The SMILES string of the molecule is CON(C)S(=O)(=O)c1ccc(NC(=O)/C=C/c2ccco2)cc1. The number of hydrogen-bond acceptors (Lipinski definition) is 5. The highest BCUT2D eigenvalue weighted by Gasteiger charge is 2.20. The Morgan fingerprint density at radius 1 is 1.26 bits per heavy atom. The van der Waals surface area contributed by atoms with E-state index in [2.05, 4.69) is 10.2 Å². The summed E-state index contributed by atoms with van der Waals surface area (Å²) in [6, 6.07) is 9.20. The second kappa shape index (κ2) is 7.23. The first-order valence-corrected chi connectivity index (χ1v) is 8.03. The molecule has 2 rings (SSSR count). The predicted octanol–water partition coefficient (Wildman–Crippen LogP) is 2.11. The van der Waals surface area contributed by atoms with Gasteiger partial charge in [0.2, 0.25) is 5.91 Å². The third kappa shape index (κ3) is 4.28. The van der Waals surface area contributed by atoms with Crippen molar-refractivity contribution in [3.05, 3.63) is 54.5 Å². The number of nitrogens with one attached hydrogen (secondary N) is 1. The van der Waals surface area contributed by atoms with Crippen LogP contribution in [0.3, 0.4) is 0 Å². The van der Waals surface area contributed by atoms with Crippen LogP contribution in [-0.2, 0) is 19.7 Å². The number of carbonyl (C=O) groups excluding carboxylic acids is 1. The van der Waals surface area contributed by atoms with Gasteiger partial charge >= 0.3 is 0 Å². The Labute approximate surface area is 134 Å². The first-order chi connectivity index (χ1) is 10.9. The minimum absolute atomic E-state index is 0.0611. The minimum atomic E-state index is -3.70. The highest BCUT2D eigenvalue weighted by atomic mass is 32.2. The normalized spacial score (nSPS) is 12.0. The lowest BCUT2D eigenvalue weighted by Crippen LogP contribution is -2.25. The average molecular weight is 336 g/mol. The Hall–Kier alpha value is -2.42. The van der Waals surface area contributed by atoms with Crippen molar-refractivity contribution in [2.45, 2.75) is 4.90 Å². The Morgan fingerprint density at radius 2 is 1.96 bits per heavy atom. The van der Waals surface area contributed by atoms with Crippen molar-refractivity contribution in [2.24, 2.45) is 0 Å². The van der Waals surface area contributed by atoms with E-state index in [9.17, 15) is 13.2 Å². The number of rotatable bonds is 6. The molecule has 2 aromatic rings. The monoisotopic (exact) mass is 336 g/mol. The van der Waals surface area contributed by atoms with Crippen LogP contribution < -0.4 is 5.32 Å². The van der Waals surface area contributed by atoms with Gasteiger partial charge in [0.05, 0.1) is 18.3 Å². The zero-order valence-electron chi connectivity index (χ0n) is 12.6. The largest absolute Gasteiger partial charge is 0.465 e. The lowest BCUT2D eigenvalue weighted by Gasteiger charge is -2.14. The van der Waals surface area contributed by atoms with E-state index in [1.807, 2.05) is 0 Å². The number of nitrogens with zero attached hydrogens (tertiary/aromatic N) is 1. The van der Waals surface area contributed by atoms with Crippen LogP contribution in [0.2, 0.25) is 0 Å². The molecule has 1 aromatic carbocycles. The first-order valence-electron chi connectivity index (χ1n) is 6.59. The fourth-order valence-corrected chi connectivity index (χ4v) is 2.66. The summed E-state index contributed by atoms with van der Waals surface area (Å²) in [5.41, 5.74) is 0.470. The van der Waals surface area contributed by atoms with Gasteiger partial charge in [0.25, 0.3) is 10.0 Å². The average Bonchev–Trinajstić information content (AvgIpc) is 3.06. The highest BCUT2D eigenvalue weighted by Crippen LogP contribution is 2.17. The quantitative estimate of drug-likeness (QED) is 0.645. The van der Waals surface area contributed by atoms with Gasteiger partial charge in [-0.25, -0.2) is 8.42 Å². The van der Waals surface area contributed by atoms with Gasteiger partial charge in [0, 0.05) is 18.8 Å². The molecule has 1 heterocycles. The number of anilines is 1. The molecule has 0 spiro atoms. The Balaban J connectivity index is 2.04. The van der Waals surface area contributed by atoms with Gasteiger partial charge in [0.1, 0.15) is 5.76 Å². The van der Waals surface area contributed by atoms with Gasteiger partial charge in [-0.3, -0.25) is 9.63 Å². The summed E-state index contributed by atoms with van der Waals surface area (Å²) in [6.45, 7) is 0. The van der Waals surface area contributed by atoms with Crippen LogP contribution in [0.1, 0.15) is 5.76 Å². The van der Waals surface area contributed by atoms with Crippen molar-refractivity contribution >= 4 is 27.7 Å². The van der Waals surface area contributed by atoms with Crippen LogP contribution in [0.4, 0.5) is 5.69 Å². The Bertz CT molecular complexity index is 780. The van der Waals surface area contributed by atoms with Crippen LogP contribution in [-0.4, -0.2) is 33.0 Å². The second-order valence-corrected chi connectivity index (χ2v) is 6.40. The minimum Gasteiger partial charge on any atom is -0.465 e. The van der Waals surface area contributed by atoms with Gasteiger partial charge in [0.15, 0.2) is 0 Å². The summed E-state index contributed by atoms with van der Waals surface area (Å²) in [5.74, 6) is 0.204. The van der Waals surface area contributed by atoms with Gasteiger partial charge in [-0.1, -0.05) is 4.47 Å². The molecule has 0 radical (unpaired) electrons. The summed E-state index contributed by atoms with van der Waals surface area (Å²) in [6.07, 6.45) is 4.36. The molecule has 7 nitrogen and oxygen atoms in total. The molecule has 0 saturated carbocycles. The fraction of sp³-hybridized carbons (Fsp3) is 0.133. The zero-order valence-corrected chi connectivity index (χ0v) is 13.4. The number of hydrogen-bond donors (Lipinski definition) is 1. The molecule has 1 amide bonds. The number of benzene rings is 1. The molecule has 0 fully saturated rings. The summed E-state index contributed by atoms with van der Waals surface area (Å²) in [4.78, 5) is 16.5. The lowest BCUT2D eigenvalue weighted by atomic mass is 10.3. The molecule has 122 valence electrons. The van der Waals surface area contributed by atoms with E-state index < -0.39 is 10.0 Å². The molecule has 0 aliphatic rings. The summed E-state index contributed by atoms with van der Waals surface area (Å²) < 4.78 is 29.9. The molecule has 0 unspecified atom stereocenters. The standard InChI is InChI=1S/C15H16N2O5S/c1-17(21-2)23(19,20)14-8-5-12(6-9-14)16-15(18)10-7-13-4-3-11-22-13/h3-11H,1-2H3,(H,16,18)/b10-7+. The van der Waals surface area contributed by atoms with Gasteiger partial charge in [-0.15, -0.1) is 0 Å². The molecule has 23 heavy (non-hydrogen) atoms. The number of carbonyl (C=O) groups is 1. The van der Waals surface area contributed by atoms with Crippen LogP contribution in [0.25, 0.3) is 6.08 Å². The van der Waals surface area contributed by atoms with Gasteiger partial charge in [-0.05, 0) is 42.5 Å². The van der Waals surface area contributed by atoms with Gasteiger partial charge < -0.3 is 9.73 Å². The van der Waals surface area contributed by atoms with Crippen molar-refractivity contribution in [1.29, 1.82) is 0 Å². The van der Waals surface area contributed by atoms with Crippen molar-refractivity contribution in [3.8, 4) is 0 Å². The predicted molar refractivity (Wildman–Crippen MR) is 84.8 cm³/mol. The van der Waals surface area contributed by atoms with Crippen LogP contribution in [0, 0.1) is 0 Å². The van der Waals surface area contributed by atoms with Crippen molar-refractivity contribution in [3.63, 3.8) is 0 Å². The van der Waals surface area contributed by atoms with Crippen LogP contribution >= 0.6 is 0 Å². The van der Waals surface area contributed by atoms with E-state index in [-0.39, 0.29) is 10.8 Å². The maximum atomic E-state index is 12.0. The molecule has 8 heteroatoms. The fourth-order valence-electron chi connectivity index (χ4n) is 1.68. The van der Waals surface area contributed by atoms with Crippen molar-refractivity contribution in [1.82, 2.24) is 4.47 Å². The van der Waals surface area contributed by atoms with E-state index >= 15 is 0 Å². The molecular formula is C15H16N2O5S. The van der Waals surface area contributed by atoms with Crippen molar-refractivity contribution in [2.75, 3.05) is 19.5 Å². The highest BCUT2D eigenvalue weighted by molar-refractivity contribution is 7.89. The number of amides is 1. The Morgan fingerprint density at radius 3 is 2.52 bits per heavy atom. The molecule has 0 atom stereocenters. The molecule has 0 aliphatic heterocycles. The van der Waals surface area contributed by atoms with E-state index in [0.29, 0.717) is 11.4 Å². The summed E-state index contributed by atoms with van der Waals surface area (Å²) in [7, 11) is -1.14. The third-order valence-corrected chi connectivity index (χ3v) is 4.65. The first kappa shape index (κ1) is 16.9. The lowest BCUT2D eigenvalue weighted by molar-refractivity contribution is -0.111. The number of hydroxylamine groups is 1. The molecular weight excluding hydrogens is 320 g/mol. The topological polar surface area (TPSA) is 88.9 Å². The maximum Gasteiger partial charge on any atom is 0.264 e. The number of furan rings is 1. The summed E-state index contributed by atoms with van der Waals surface area (Å²) in [5, 5.41) is 2.62. The maximum absolute atomic E-state index is 12.0. The zero-order chi connectivity index (χ0) is 16.9. The van der Waals surface area contributed by atoms with Crippen molar-refractivity contribution < 1.29 is 22.5 Å². The molecule has 0 saturated heterocycles. The molecule has 0 aliphatic carbocycles. The van der Waals surface area contributed by atoms with E-state index in [1.54, 1.807) is 12.1 Å². The summed E-state index contributed by atoms with van der Waals surface area (Å²) >= 11 is 0. The van der Waals surface area contributed by atoms with E-state index in [0.717, 1.165) is 4.47 Å². The van der Waals surface area contributed by atoms with Crippen LogP contribution in [0.5, 0.6) is 0 Å². The van der Waals surface area contributed by atoms with E-state index in [4.69, 9.17) is 4.42 Å². The molecule has 0 bridgehead atoms. The number of sulfonamides is 1. The molecule has 1 aromatic heterocycles.